The van der Waals surface area contributed by atoms with E-state index in [4.69, 9.17) is 0 Å². The third-order valence-corrected chi connectivity index (χ3v) is 6.48. The summed E-state index contributed by atoms with van der Waals surface area (Å²) in [5, 5.41) is 5.93. The molecule has 0 spiro atoms. The lowest BCUT2D eigenvalue weighted by molar-refractivity contribution is -0.133. The number of thiazole rings is 1. The highest BCUT2D eigenvalue weighted by Crippen LogP contribution is 2.34. The lowest BCUT2D eigenvalue weighted by atomic mass is 10.1. The van der Waals surface area contributed by atoms with Crippen LogP contribution in [0.2, 0.25) is 0 Å². The third kappa shape index (κ3) is 4.55. The minimum atomic E-state index is -0.375. The minimum Gasteiger partial charge on any atom is -0.332 e. The second-order valence-corrected chi connectivity index (χ2v) is 8.63. The Bertz CT molecular complexity index is 885. The lowest BCUT2D eigenvalue weighted by Gasteiger charge is -2.33. The second kappa shape index (κ2) is 8.69. The monoisotopic (exact) mass is 416 g/mol. The number of halogens is 1. The Balaban J connectivity index is 1.44. The zero-order chi connectivity index (χ0) is 20.4. The van der Waals surface area contributed by atoms with Crippen LogP contribution >= 0.6 is 11.3 Å². The van der Waals surface area contributed by atoms with Gasteiger partial charge < -0.3 is 10.2 Å². The van der Waals surface area contributed by atoms with Gasteiger partial charge in [-0.2, -0.15) is 0 Å². The molecule has 2 atom stereocenters. The van der Waals surface area contributed by atoms with E-state index in [9.17, 15) is 14.0 Å². The zero-order valence-electron chi connectivity index (χ0n) is 16.4. The van der Waals surface area contributed by atoms with Gasteiger partial charge in [0.1, 0.15) is 16.5 Å². The number of likely N-dealkylation sites (tertiary alicyclic amines) is 1. The molecule has 29 heavy (non-hydrogen) atoms. The number of ketones is 1. The van der Waals surface area contributed by atoms with Gasteiger partial charge in [-0.3, -0.25) is 14.5 Å². The molecule has 1 unspecified atom stereocenters. The number of piperazine rings is 1. The fraction of sp³-hybridized carbons (Fsp3) is 0.476. The fourth-order valence-electron chi connectivity index (χ4n) is 4.05. The van der Waals surface area contributed by atoms with E-state index in [0.29, 0.717) is 23.8 Å². The highest BCUT2D eigenvalue weighted by Gasteiger charge is 2.33. The maximum atomic E-state index is 13.1. The van der Waals surface area contributed by atoms with E-state index in [0.717, 1.165) is 44.0 Å². The first-order valence-corrected chi connectivity index (χ1v) is 10.9. The fourth-order valence-corrected chi connectivity index (χ4v) is 5.00. The molecule has 154 valence electrons. The van der Waals surface area contributed by atoms with Gasteiger partial charge in [-0.15, -0.1) is 11.3 Å². The van der Waals surface area contributed by atoms with E-state index in [1.54, 1.807) is 5.38 Å². The molecule has 8 heteroatoms. The van der Waals surface area contributed by atoms with Crippen molar-refractivity contribution in [1.29, 1.82) is 0 Å². The maximum Gasteiger partial charge on any atom is 0.237 e. The van der Waals surface area contributed by atoms with Crippen LogP contribution in [0.3, 0.4) is 0 Å². The lowest BCUT2D eigenvalue weighted by Crippen LogP contribution is -2.52. The summed E-state index contributed by atoms with van der Waals surface area (Å²) >= 11 is 1.42. The molecule has 1 aromatic heterocycles. The number of hydrogen-bond acceptors (Lipinski definition) is 6. The van der Waals surface area contributed by atoms with Crippen LogP contribution in [0.4, 0.5) is 4.39 Å². The highest BCUT2D eigenvalue weighted by molar-refractivity contribution is 7.10. The molecular formula is C21H25FN4O2S. The van der Waals surface area contributed by atoms with Gasteiger partial charge in [0.2, 0.25) is 11.7 Å². The molecule has 0 saturated carbocycles. The molecule has 6 nitrogen and oxygen atoms in total. The molecule has 2 saturated heterocycles. The largest absolute Gasteiger partial charge is 0.332 e. The number of carbonyl (C=O) groups excluding carboxylic acids is 2. The number of amides is 1. The van der Waals surface area contributed by atoms with E-state index in [2.05, 4.69) is 22.1 Å². The average molecular weight is 417 g/mol. The summed E-state index contributed by atoms with van der Waals surface area (Å²) < 4.78 is 13.1. The molecule has 0 bridgehead atoms. The molecule has 1 aromatic carbocycles. The van der Waals surface area contributed by atoms with Crippen LogP contribution in [-0.4, -0.2) is 65.2 Å². The molecule has 0 radical (unpaired) electrons. The van der Waals surface area contributed by atoms with Crippen molar-refractivity contribution in [3.05, 3.63) is 51.7 Å². The van der Waals surface area contributed by atoms with Crippen molar-refractivity contribution in [2.75, 3.05) is 32.7 Å². The number of nitrogens with one attached hydrogen (secondary N) is 1. The van der Waals surface area contributed by atoms with Crippen LogP contribution in [0.25, 0.3) is 0 Å². The smallest absolute Gasteiger partial charge is 0.237 e. The van der Waals surface area contributed by atoms with Gasteiger partial charge in [0.15, 0.2) is 0 Å². The van der Waals surface area contributed by atoms with E-state index in [1.165, 1.54) is 35.6 Å². The van der Waals surface area contributed by atoms with Gasteiger partial charge in [0, 0.05) is 43.2 Å². The molecule has 0 aliphatic carbocycles. The zero-order valence-corrected chi connectivity index (χ0v) is 17.3. The van der Waals surface area contributed by atoms with Crippen LogP contribution < -0.4 is 5.32 Å². The predicted octanol–water partition coefficient (Wildman–Crippen LogP) is 2.47. The minimum absolute atomic E-state index is 0.0670. The van der Waals surface area contributed by atoms with Crippen LogP contribution in [0.15, 0.2) is 29.6 Å². The van der Waals surface area contributed by atoms with Crippen molar-refractivity contribution in [2.45, 2.75) is 31.8 Å². The number of hydrogen-bond donors (Lipinski definition) is 1. The number of carbonyl (C=O) groups is 2. The Morgan fingerprint density at radius 3 is 2.83 bits per heavy atom. The summed E-state index contributed by atoms with van der Waals surface area (Å²) in [6.45, 7) is 5.94. The van der Waals surface area contributed by atoms with E-state index < -0.39 is 0 Å². The third-order valence-electron chi connectivity index (χ3n) is 5.53. The van der Waals surface area contributed by atoms with Gasteiger partial charge >= 0.3 is 0 Å². The van der Waals surface area contributed by atoms with Crippen molar-refractivity contribution in [3.8, 4) is 0 Å². The molecule has 2 aliphatic rings. The first-order chi connectivity index (χ1) is 14.0. The number of rotatable bonds is 5. The van der Waals surface area contributed by atoms with Crippen LogP contribution in [0.1, 0.15) is 46.9 Å². The van der Waals surface area contributed by atoms with Gasteiger partial charge in [0.25, 0.3) is 0 Å². The van der Waals surface area contributed by atoms with Crippen molar-refractivity contribution in [1.82, 2.24) is 20.1 Å². The molecule has 3 heterocycles. The molecule has 1 N–H and O–H groups in total. The predicted molar refractivity (Wildman–Crippen MR) is 110 cm³/mol. The van der Waals surface area contributed by atoms with Crippen molar-refractivity contribution >= 4 is 23.0 Å². The summed E-state index contributed by atoms with van der Waals surface area (Å²) in [7, 11) is 0. The van der Waals surface area contributed by atoms with Crippen molar-refractivity contribution in [3.63, 3.8) is 0 Å². The van der Waals surface area contributed by atoms with Crippen LogP contribution in [0, 0.1) is 5.82 Å². The molecule has 2 aromatic rings. The number of aromatic nitrogens is 1. The summed E-state index contributed by atoms with van der Waals surface area (Å²) in [6, 6.07) is 5.81. The molecule has 2 aliphatic heterocycles. The topological polar surface area (TPSA) is 65.5 Å². The van der Waals surface area contributed by atoms with Crippen molar-refractivity contribution in [2.24, 2.45) is 0 Å². The van der Waals surface area contributed by atoms with Gasteiger partial charge in [-0.05, 0) is 44.0 Å². The summed E-state index contributed by atoms with van der Waals surface area (Å²) in [4.78, 5) is 34.2. The van der Waals surface area contributed by atoms with Crippen LogP contribution in [0.5, 0.6) is 0 Å². The quantitative estimate of drug-likeness (QED) is 0.759. The average Bonchev–Trinajstić information content (AvgIpc) is 3.37. The maximum absolute atomic E-state index is 13.1. The van der Waals surface area contributed by atoms with Gasteiger partial charge in [-0.1, -0.05) is 0 Å². The first-order valence-electron chi connectivity index (χ1n) is 10.0. The SMILES string of the molecule is CC1CN(CC(=O)N2CCC[C@H]2c2nc(C(=O)c3ccc(F)cc3)cs2)CCN1. The Morgan fingerprint density at radius 2 is 2.07 bits per heavy atom. The molecular weight excluding hydrogens is 391 g/mol. The van der Waals surface area contributed by atoms with Gasteiger partial charge in [0.05, 0.1) is 12.6 Å². The Morgan fingerprint density at radius 1 is 1.28 bits per heavy atom. The van der Waals surface area contributed by atoms with Crippen molar-refractivity contribution < 1.29 is 14.0 Å². The first kappa shape index (κ1) is 20.1. The Kier molecular flexibility index (Phi) is 6.03. The molecule has 2 fully saturated rings. The van der Waals surface area contributed by atoms with E-state index >= 15 is 0 Å². The van der Waals surface area contributed by atoms with E-state index in [-0.39, 0.29) is 23.5 Å². The number of nitrogens with zero attached hydrogens (tertiary/aromatic N) is 3. The van der Waals surface area contributed by atoms with Crippen LogP contribution in [-0.2, 0) is 4.79 Å². The van der Waals surface area contributed by atoms with Gasteiger partial charge in [-0.25, -0.2) is 9.37 Å². The molecule has 1 amide bonds. The standard InChI is InChI=1S/C21H25FN4O2S/c1-14-11-25(10-8-23-14)12-19(27)26-9-2-3-18(26)21-24-17(13-29-21)20(28)15-4-6-16(22)7-5-15/h4-7,13-14,18,23H,2-3,8-12H2,1H3/t14?,18-/m0/s1. The van der Waals surface area contributed by atoms with E-state index in [1.807, 2.05) is 4.90 Å². The molecule has 4 rings (SSSR count). The second-order valence-electron chi connectivity index (χ2n) is 7.74. The summed E-state index contributed by atoms with van der Waals surface area (Å²) in [5.74, 6) is -0.471. The Labute approximate surface area is 173 Å². The summed E-state index contributed by atoms with van der Waals surface area (Å²) in [5.41, 5.74) is 0.766. The number of benzene rings is 1. The summed E-state index contributed by atoms with van der Waals surface area (Å²) in [6.07, 6.45) is 1.80. The highest BCUT2D eigenvalue weighted by atomic mass is 32.1. The Hall–Kier alpha value is -2.16. The normalized spacial score (nSPS) is 22.8.